The molecule has 6 nitrogen and oxygen atoms in total. The van der Waals surface area contributed by atoms with E-state index in [1.54, 1.807) is 13.3 Å². The number of anilines is 3. The minimum atomic E-state index is 0.282. The van der Waals surface area contributed by atoms with Crippen molar-refractivity contribution in [3.8, 4) is 5.75 Å². The van der Waals surface area contributed by atoms with Crippen molar-refractivity contribution in [1.29, 1.82) is 0 Å². The molecule has 0 amide bonds. The van der Waals surface area contributed by atoms with Crippen LogP contribution in [0.25, 0.3) is 0 Å². The van der Waals surface area contributed by atoms with Crippen LogP contribution in [0.15, 0.2) is 36.5 Å². The molecule has 0 spiro atoms. The molecule has 2 aromatic rings. The topological polar surface area (TPSA) is 68.3 Å². The van der Waals surface area contributed by atoms with E-state index < -0.39 is 0 Å². The molecule has 0 bridgehead atoms. The summed E-state index contributed by atoms with van der Waals surface area (Å²) in [6.45, 7) is 1.63. The second-order valence-corrected chi connectivity index (χ2v) is 5.14. The van der Waals surface area contributed by atoms with E-state index in [4.69, 9.17) is 9.47 Å². The lowest BCUT2D eigenvalue weighted by Gasteiger charge is -2.12. The van der Waals surface area contributed by atoms with Crippen molar-refractivity contribution in [3.05, 3.63) is 36.5 Å². The summed E-state index contributed by atoms with van der Waals surface area (Å²) in [5, 5.41) is 6.47. The molecule has 22 heavy (non-hydrogen) atoms. The number of methoxy groups -OCH3 is 1. The van der Waals surface area contributed by atoms with Gasteiger partial charge in [-0.05, 0) is 31.0 Å². The van der Waals surface area contributed by atoms with E-state index in [1.165, 1.54) is 0 Å². The maximum atomic E-state index is 5.59. The van der Waals surface area contributed by atoms with Crippen LogP contribution in [0.1, 0.15) is 12.8 Å². The second-order valence-electron chi connectivity index (χ2n) is 5.14. The van der Waals surface area contributed by atoms with Gasteiger partial charge in [-0.3, -0.25) is 0 Å². The normalized spacial score (nSPS) is 17.2. The van der Waals surface area contributed by atoms with Crippen LogP contribution in [0.4, 0.5) is 17.5 Å². The highest BCUT2D eigenvalue weighted by Crippen LogP contribution is 2.20. The maximum Gasteiger partial charge on any atom is 0.229 e. The molecule has 0 saturated carbocycles. The fourth-order valence-corrected chi connectivity index (χ4v) is 2.37. The Labute approximate surface area is 129 Å². The molecule has 0 radical (unpaired) electrons. The predicted octanol–water partition coefficient (Wildman–Crippen LogP) is 2.82. The molecule has 1 fully saturated rings. The van der Waals surface area contributed by atoms with Crippen molar-refractivity contribution in [2.75, 3.05) is 30.9 Å². The number of rotatable bonds is 6. The Morgan fingerprint density at radius 2 is 2.32 bits per heavy atom. The Hall–Kier alpha value is -2.34. The molecular weight excluding hydrogens is 280 g/mol. The second kappa shape index (κ2) is 7.09. The monoisotopic (exact) mass is 300 g/mol. The van der Waals surface area contributed by atoms with Crippen molar-refractivity contribution < 1.29 is 9.47 Å². The first kappa shape index (κ1) is 14.6. The minimum absolute atomic E-state index is 0.282. The van der Waals surface area contributed by atoms with E-state index in [1.807, 2.05) is 30.3 Å². The number of nitrogens with one attached hydrogen (secondary N) is 2. The predicted molar refractivity (Wildman–Crippen MR) is 85.8 cm³/mol. The molecule has 1 aromatic carbocycles. The van der Waals surface area contributed by atoms with Gasteiger partial charge in [-0.15, -0.1) is 0 Å². The minimum Gasteiger partial charge on any atom is -0.497 e. The van der Waals surface area contributed by atoms with Crippen LogP contribution in [0, 0.1) is 0 Å². The average molecular weight is 300 g/mol. The Kier molecular flexibility index (Phi) is 4.70. The van der Waals surface area contributed by atoms with E-state index in [0.717, 1.165) is 43.2 Å². The highest BCUT2D eigenvalue weighted by molar-refractivity contribution is 5.56. The number of aromatic nitrogens is 2. The summed E-state index contributed by atoms with van der Waals surface area (Å²) >= 11 is 0. The van der Waals surface area contributed by atoms with Crippen LogP contribution >= 0.6 is 0 Å². The van der Waals surface area contributed by atoms with E-state index in [0.29, 0.717) is 5.95 Å². The molecule has 0 aliphatic carbocycles. The summed E-state index contributed by atoms with van der Waals surface area (Å²) in [6, 6.07) is 9.51. The number of nitrogens with zero attached hydrogens (tertiary/aromatic N) is 2. The van der Waals surface area contributed by atoms with Gasteiger partial charge in [-0.1, -0.05) is 6.07 Å². The summed E-state index contributed by atoms with van der Waals surface area (Å²) in [4.78, 5) is 8.69. The molecule has 2 heterocycles. The Bertz CT molecular complexity index is 615. The SMILES string of the molecule is COc1cccc(Nc2nccc(NCC3CCCO3)n2)c1. The molecule has 3 rings (SSSR count). The van der Waals surface area contributed by atoms with Crippen molar-refractivity contribution in [1.82, 2.24) is 9.97 Å². The van der Waals surface area contributed by atoms with Gasteiger partial charge in [0.05, 0.1) is 13.2 Å². The zero-order valence-corrected chi connectivity index (χ0v) is 12.6. The van der Waals surface area contributed by atoms with Gasteiger partial charge in [-0.25, -0.2) is 4.98 Å². The highest BCUT2D eigenvalue weighted by Gasteiger charge is 2.15. The number of benzene rings is 1. The maximum absolute atomic E-state index is 5.59. The average Bonchev–Trinajstić information content (AvgIpc) is 3.07. The quantitative estimate of drug-likeness (QED) is 0.855. The fraction of sp³-hybridized carbons (Fsp3) is 0.375. The molecule has 1 unspecified atom stereocenters. The summed E-state index contributed by atoms with van der Waals surface area (Å²) < 4.78 is 10.8. The smallest absolute Gasteiger partial charge is 0.229 e. The van der Waals surface area contributed by atoms with Gasteiger partial charge < -0.3 is 20.1 Å². The van der Waals surface area contributed by atoms with Gasteiger partial charge in [0.2, 0.25) is 5.95 Å². The summed E-state index contributed by atoms with van der Waals surface area (Å²) in [7, 11) is 1.64. The molecular formula is C16H20N4O2. The first-order chi connectivity index (χ1) is 10.8. The highest BCUT2D eigenvalue weighted by atomic mass is 16.5. The van der Waals surface area contributed by atoms with Gasteiger partial charge in [0.15, 0.2) is 0 Å². The van der Waals surface area contributed by atoms with Crippen LogP contribution in [0.5, 0.6) is 5.75 Å². The number of ether oxygens (including phenoxy) is 2. The Morgan fingerprint density at radius 3 is 3.14 bits per heavy atom. The lowest BCUT2D eigenvalue weighted by Crippen LogP contribution is -2.19. The third-order valence-electron chi connectivity index (χ3n) is 3.52. The Morgan fingerprint density at radius 1 is 1.36 bits per heavy atom. The molecule has 2 N–H and O–H groups in total. The van der Waals surface area contributed by atoms with Crippen LogP contribution in [-0.4, -0.2) is 36.3 Å². The van der Waals surface area contributed by atoms with Gasteiger partial charge in [0.25, 0.3) is 0 Å². The third kappa shape index (κ3) is 3.85. The van der Waals surface area contributed by atoms with Crippen LogP contribution < -0.4 is 15.4 Å². The van der Waals surface area contributed by atoms with Crippen LogP contribution in [0.3, 0.4) is 0 Å². The van der Waals surface area contributed by atoms with E-state index in [-0.39, 0.29) is 6.10 Å². The van der Waals surface area contributed by atoms with Crippen molar-refractivity contribution in [2.24, 2.45) is 0 Å². The summed E-state index contributed by atoms with van der Waals surface area (Å²) in [6.07, 6.45) is 4.25. The lowest BCUT2D eigenvalue weighted by atomic mass is 10.2. The lowest BCUT2D eigenvalue weighted by molar-refractivity contribution is 0.120. The molecule has 1 saturated heterocycles. The largest absolute Gasteiger partial charge is 0.497 e. The van der Waals surface area contributed by atoms with Gasteiger partial charge in [0, 0.05) is 31.1 Å². The Balaban J connectivity index is 1.62. The van der Waals surface area contributed by atoms with Crippen molar-refractivity contribution in [3.63, 3.8) is 0 Å². The van der Waals surface area contributed by atoms with Gasteiger partial charge in [0.1, 0.15) is 11.6 Å². The molecule has 6 heteroatoms. The third-order valence-corrected chi connectivity index (χ3v) is 3.52. The van der Waals surface area contributed by atoms with E-state index >= 15 is 0 Å². The van der Waals surface area contributed by atoms with Gasteiger partial charge in [-0.2, -0.15) is 4.98 Å². The molecule has 116 valence electrons. The first-order valence-corrected chi connectivity index (χ1v) is 7.43. The van der Waals surface area contributed by atoms with Crippen molar-refractivity contribution >= 4 is 17.5 Å². The van der Waals surface area contributed by atoms with Crippen LogP contribution in [0.2, 0.25) is 0 Å². The standard InChI is InChI=1S/C16H20N4O2/c1-21-13-5-2-4-12(10-13)19-16-17-8-7-15(20-16)18-11-14-6-3-9-22-14/h2,4-5,7-8,10,14H,3,6,9,11H2,1H3,(H2,17,18,19,20). The number of hydrogen-bond acceptors (Lipinski definition) is 6. The van der Waals surface area contributed by atoms with E-state index in [9.17, 15) is 0 Å². The van der Waals surface area contributed by atoms with Crippen molar-refractivity contribution in [2.45, 2.75) is 18.9 Å². The molecule has 1 atom stereocenters. The molecule has 1 aliphatic rings. The summed E-state index contributed by atoms with van der Waals surface area (Å²) in [5.41, 5.74) is 0.885. The zero-order chi connectivity index (χ0) is 15.2. The zero-order valence-electron chi connectivity index (χ0n) is 12.6. The summed E-state index contributed by atoms with van der Waals surface area (Å²) in [5.74, 6) is 2.12. The molecule has 1 aromatic heterocycles. The van der Waals surface area contributed by atoms with Gasteiger partial charge >= 0.3 is 0 Å². The molecule has 1 aliphatic heterocycles. The number of hydrogen-bond donors (Lipinski definition) is 2. The van der Waals surface area contributed by atoms with E-state index in [2.05, 4.69) is 20.6 Å². The first-order valence-electron chi connectivity index (χ1n) is 7.43. The fourth-order valence-electron chi connectivity index (χ4n) is 2.37. The van der Waals surface area contributed by atoms with Crippen LogP contribution in [-0.2, 0) is 4.74 Å².